The highest BCUT2D eigenvalue weighted by Gasteiger charge is 2.10. The van der Waals surface area contributed by atoms with E-state index in [0.717, 1.165) is 5.56 Å². The third-order valence-electron chi connectivity index (χ3n) is 3.24. The first-order valence-corrected chi connectivity index (χ1v) is 7.40. The number of halogens is 1. The van der Waals surface area contributed by atoms with Gasteiger partial charge in [-0.1, -0.05) is 36.4 Å². The summed E-state index contributed by atoms with van der Waals surface area (Å²) in [6.07, 6.45) is 0. The number of carbonyl (C=O) groups is 2. The fourth-order valence-corrected chi connectivity index (χ4v) is 1.93. The number of carbonyl (C=O) groups excluding carboxylic acids is 2. The lowest BCUT2D eigenvalue weighted by atomic mass is 10.2. The van der Waals surface area contributed by atoms with E-state index in [9.17, 15) is 14.0 Å². The van der Waals surface area contributed by atoms with Crippen LogP contribution in [-0.4, -0.2) is 25.1 Å². The van der Waals surface area contributed by atoms with E-state index in [-0.39, 0.29) is 13.2 Å². The van der Waals surface area contributed by atoms with Crippen molar-refractivity contribution in [2.45, 2.75) is 13.5 Å². The van der Waals surface area contributed by atoms with Gasteiger partial charge in [-0.3, -0.25) is 4.79 Å². The monoisotopic (exact) mass is 331 g/mol. The molecule has 0 heterocycles. The molecule has 0 aromatic heterocycles. The summed E-state index contributed by atoms with van der Waals surface area (Å²) in [5.41, 5.74) is 1.26. The Kier molecular flexibility index (Phi) is 6.31. The molecule has 0 atom stereocenters. The molecule has 2 rings (SSSR count). The molecule has 0 saturated carbocycles. The van der Waals surface area contributed by atoms with Crippen LogP contribution in [-0.2, 0) is 20.9 Å². The van der Waals surface area contributed by atoms with Crippen molar-refractivity contribution in [1.29, 1.82) is 0 Å². The molecule has 5 nitrogen and oxygen atoms in total. The van der Waals surface area contributed by atoms with Gasteiger partial charge in [0.1, 0.15) is 11.6 Å². The van der Waals surface area contributed by atoms with Crippen molar-refractivity contribution < 1.29 is 23.5 Å². The second-order valence-corrected chi connectivity index (χ2v) is 5.08. The SMILES string of the molecule is Cc1ccccc1OCC(=O)OCC(=O)NCc1ccccc1F. The molecule has 0 aliphatic carbocycles. The third-order valence-corrected chi connectivity index (χ3v) is 3.24. The molecule has 0 radical (unpaired) electrons. The van der Waals surface area contributed by atoms with Gasteiger partial charge in [-0.25, -0.2) is 9.18 Å². The van der Waals surface area contributed by atoms with Crippen LogP contribution in [0.25, 0.3) is 0 Å². The number of rotatable bonds is 7. The molecule has 0 saturated heterocycles. The Morgan fingerprint density at radius 1 is 1.04 bits per heavy atom. The number of hydrogen-bond acceptors (Lipinski definition) is 4. The quantitative estimate of drug-likeness (QED) is 0.791. The van der Waals surface area contributed by atoms with Crippen LogP contribution in [0.5, 0.6) is 5.75 Å². The second-order valence-electron chi connectivity index (χ2n) is 5.08. The molecule has 1 amide bonds. The standard InChI is InChI=1S/C18H18FNO4/c1-13-6-2-5-9-16(13)23-12-18(22)24-11-17(21)20-10-14-7-3-4-8-15(14)19/h2-9H,10-12H2,1H3,(H,20,21). The van der Waals surface area contributed by atoms with Crippen molar-refractivity contribution in [2.24, 2.45) is 0 Å². The summed E-state index contributed by atoms with van der Waals surface area (Å²) in [5.74, 6) is -0.985. The highest BCUT2D eigenvalue weighted by molar-refractivity contribution is 5.80. The van der Waals surface area contributed by atoms with Crippen molar-refractivity contribution in [2.75, 3.05) is 13.2 Å². The number of amides is 1. The van der Waals surface area contributed by atoms with Crippen LogP contribution in [0.3, 0.4) is 0 Å². The number of esters is 1. The second kappa shape index (κ2) is 8.67. The fraction of sp³-hybridized carbons (Fsp3) is 0.222. The highest BCUT2D eigenvalue weighted by Crippen LogP contribution is 2.15. The molecule has 2 aromatic rings. The van der Waals surface area contributed by atoms with Gasteiger partial charge >= 0.3 is 5.97 Å². The molecule has 0 aliphatic rings. The molecule has 0 spiro atoms. The lowest BCUT2D eigenvalue weighted by Crippen LogP contribution is -2.29. The average molecular weight is 331 g/mol. The number of hydrogen-bond donors (Lipinski definition) is 1. The first-order valence-electron chi connectivity index (χ1n) is 7.40. The number of benzene rings is 2. The summed E-state index contributed by atoms with van der Waals surface area (Å²) in [6.45, 7) is 1.16. The van der Waals surface area contributed by atoms with Gasteiger partial charge in [-0.05, 0) is 24.6 Å². The van der Waals surface area contributed by atoms with Crippen LogP contribution in [0.4, 0.5) is 4.39 Å². The van der Waals surface area contributed by atoms with Crippen LogP contribution in [0.1, 0.15) is 11.1 Å². The van der Waals surface area contributed by atoms with Gasteiger partial charge in [0.25, 0.3) is 5.91 Å². The third kappa shape index (κ3) is 5.39. The zero-order valence-corrected chi connectivity index (χ0v) is 13.3. The largest absolute Gasteiger partial charge is 0.482 e. The summed E-state index contributed by atoms with van der Waals surface area (Å²) in [6, 6.07) is 13.4. The molecule has 2 aromatic carbocycles. The summed E-state index contributed by atoms with van der Waals surface area (Å²) < 4.78 is 23.5. The molecule has 0 fully saturated rings. The predicted molar refractivity (Wildman–Crippen MR) is 85.9 cm³/mol. The molecule has 1 N–H and O–H groups in total. The van der Waals surface area contributed by atoms with Crippen LogP contribution in [0.2, 0.25) is 0 Å². The molecule has 0 unspecified atom stereocenters. The smallest absolute Gasteiger partial charge is 0.344 e. The predicted octanol–water partition coefficient (Wildman–Crippen LogP) is 2.37. The van der Waals surface area contributed by atoms with Crippen LogP contribution >= 0.6 is 0 Å². The van der Waals surface area contributed by atoms with E-state index >= 15 is 0 Å². The molecule has 0 aliphatic heterocycles. The van der Waals surface area contributed by atoms with Crippen molar-refractivity contribution in [3.63, 3.8) is 0 Å². The Bertz CT molecular complexity index is 656. The molecular weight excluding hydrogens is 313 g/mol. The van der Waals surface area contributed by atoms with E-state index in [4.69, 9.17) is 9.47 Å². The number of nitrogens with one attached hydrogen (secondary N) is 1. The maximum atomic E-state index is 13.4. The van der Waals surface area contributed by atoms with Crippen molar-refractivity contribution >= 4 is 11.9 Å². The number of para-hydroxylation sites is 1. The maximum Gasteiger partial charge on any atom is 0.344 e. The number of aryl methyl sites for hydroxylation is 1. The minimum Gasteiger partial charge on any atom is -0.482 e. The maximum absolute atomic E-state index is 13.4. The first-order chi connectivity index (χ1) is 11.6. The number of ether oxygens (including phenoxy) is 2. The Labute approximate surface area is 139 Å². The highest BCUT2D eigenvalue weighted by atomic mass is 19.1. The molecule has 24 heavy (non-hydrogen) atoms. The minimum absolute atomic E-state index is 0.0305. The fourth-order valence-electron chi connectivity index (χ4n) is 1.93. The molecule has 6 heteroatoms. The van der Waals surface area contributed by atoms with E-state index < -0.39 is 24.3 Å². The molecular formula is C18H18FNO4. The molecule has 126 valence electrons. The van der Waals surface area contributed by atoms with Crippen molar-refractivity contribution in [1.82, 2.24) is 5.32 Å². The Balaban J connectivity index is 1.69. The van der Waals surface area contributed by atoms with Crippen LogP contribution in [0, 0.1) is 12.7 Å². The van der Waals surface area contributed by atoms with Gasteiger partial charge in [-0.15, -0.1) is 0 Å². The van der Waals surface area contributed by atoms with E-state index in [2.05, 4.69) is 5.32 Å². The Hall–Kier alpha value is -2.89. The summed E-state index contributed by atoms with van der Waals surface area (Å²) in [5, 5.41) is 2.48. The average Bonchev–Trinajstić information content (AvgIpc) is 2.58. The van der Waals surface area contributed by atoms with Crippen LogP contribution < -0.4 is 10.1 Å². The normalized spacial score (nSPS) is 10.1. The van der Waals surface area contributed by atoms with Gasteiger partial charge in [0.05, 0.1) is 0 Å². The van der Waals surface area contributed by atoms with Crippen molar-refractivity contribution in [3.8, 4) is 5.75 Å². The lowest BCUT2D eigenvalue weighted by Gasteiger charge is -2.09. The zero-order chi connectivity index (χ0) is 17.4. The van der Waals surface area contributed by atoms with E-state index in [1.54, 1.807) is 30.3 Å². The van der Waals surface area contributed by atoms with Gasteiger partial charge in [-0.2, -0.15) is 0 Å². The zero-order valence-electron chi connectivity index (χ0n) is 13.3. The van der Waals surface area contributed by atoms with Crippen LogP contribution in [0.15, 0.2) is 48.5 Å². The lowest BCUT2D eigenvalue weighted by molar-refractivity contribution is -0.150. The first kappa shape index (κ1) is 17.5. The Morgan fingerprint density at radius 3 is 2.50 bits per heavy atom. The van der Waals surface area contributed by atoms with E-state index in [1.807, 2.05) is 19.1 Å². The van der Waals surface area contributed by atoms with Crippen molar-refractivity contribution in [3.05, 3.63) is 65.5 Å². The van der Waals surface area contributed by atoms with E-state index in [1.165, 1.54) is 6.07 Å². The topological polar surface area (TPSA) is 64.6 Å². The minimum atomic E-state index is -0.653. The van der Waals surface area contributed by atoms with Gasteiger partial charge in [0.2, 0.25) is 0 Å². The summed E-state index contributed by atoms with van der Waals surface area (Å²) in [7, 11) is 0. The summed E-state index contributed by atoms with van der Waals surface area (Å²) >= 11 is 0. The Morgan fingerprint density at radius 2 is 1.75 bits per heavy atom. The summed E-state index contributed by atoms with van der Waals surface area (Å²) in [4.78, 5) is 23.2. The van der Waals surface area contributed by atoms with E-state index in [0.29, 0.717) is 11.3 Å². The van der Waals surface area contributed by atoms with Gasteiger partial charge < -0.3 is 14.8 Å². The van der Waals surface area contributed by atoms with Gasteiger partial charge in [0, 0.05) is 12.1 Å². The molecule has 0 bridgehead atoms. The van der Waals surface area contributed by atoms with Gasteiger partial charge in [0.15, 0.2) is 13.2 Å².